The molecule has 0 amide bonds. The van der Waals surface area contributed by atoms with Crippen LogP contribution in [0.15, 0.2) is 48.5 Å². The summed E-state index contributed by atoms with van der Waals surface area (Å²) in [4.78, 5) is 1.51. The monoisotopic (exact) mass is 397 g/mol. The van der Waals surface area contributed by atoms with Crippen molar-refractivity contribution in [1.29, 1.82) is 5.41 Å². The third kappa shape index (κ3) is 5.08. The summed E-state index contributed by atoms with van der Waals surface area (Å²) in [5.74, 6) is 0.746. The lowest BCUT2D eigenvalue weighted by Gasteiger charge is -2.16. The van der Waals surface area contributed by atoms with Crippen molar-refractivity contribution in [3.05, 3.63) is 59.7 Å². The molecule has 0 aliphatic carbocycles. The second-order valence-corrected chi connectivity index (χ2v) is 7.56. The Kier molecular flexibility index (Phi) is 7.12. The summed E-state index contributed by atoms with van der Waals surface area (Å²) >= 11 is 0. The molecule has 1 aromatic heterocycles. The van der Waals surface area contributed by atoms with E-state index in [2.05, 4.69) is 19.9 Å². The van der Waals surface area contributed by atoms with E-state index in [0.717, 1.165) is 43.0 Å². The van der Waals surface area contributed by atoms with Gasteiger partial charge in [0, 0.05) is 0 Å². The number of aliphatic hydroxyl groups is 1. The maximum absolute atomic E-state index is 10.6. The van der Waals surface area contributed by atoms with Crippen LogP contribution in [0.25, 0.3) is 11.0 Å². The van der Waals surface area contributed by atoms with Crippen LogP contribution in [0.2, 0.25) is 0 Å². The molecule has 3 rings (SSSR count). The lowest BCUT2D eigenvalue weighted by molar-refractivity contribution is -0.897. The van der Waals surface area contributed by atoms with Gasteiger partial charge in [0.05, 0.1) is 43.8 Å². The molecular weight excluding hydrogens is 364 g/mol. The van der Waals surface area contributed by atoms with Gasteiger partial charge in [-0.3, -0.25) is 5.41 Å². The highest BCUT2D eigenvalue weighted by Crippen LogP contribution is 2.14. The number of para-hydroxylation sites is 2. The summed E-state index contributed by atoms with van der Waals surface area (Å²) in [5, 5.41) is 19.3. The Balaban J connectivity index is 1.75. The SMILES string of the molecule is CC[NH+](CC)CCn1c(=N)n(CC(O)COc2ccc(C)cc2)c2ccccc21. The fourth-order valence-electron chi connectivity index (χ4n) is 3.67. The predicted molar refractivity (Wildman–Crippen MR) is 115 cm³/mol. The molecular formula is C23H33N4O2+. The number of aliphatic hydroxyl groups excluding tert-OH is 1. The molecule has 6 nitrogen and oxygen atoms in total. The zero-order valence-electron chi connectivity index (χ0n) is 17.7. The van der Waals surface area contributed by atoms with E-state index >= 15 is 0 Å². The molecule has 0 spiro atoms. The predicted octanol–water partition coefficient (Wildman–Crippen LogP) is 1.60. The van der Waals surface area contributed by atoms with Crippen LogP contribution in [0.3, 0.4) is 0 Å². The topological polar surface area (TPSA) is 67.6 Å². The summed E-state index contributed by atoms with van der Waals surface area (Å²) in [6, 6.07) is 15.8. The van der Waals surface area contributed by atoms with E-state index < -0.39 is 6.10 Å². The molecule has 0 saturated heterocycles. The fraction of sp³-hybridized carbons (Fsp3) is 0.435. The van der Waals surface area contributed by atoms with Crippen LogP contribution in [0.4, 0.5) is 0 Å². The van der Waals surface area contributed by atoms with Crippen LogP contribution in [0.5, 0.6) is 5.75 Å². The van der Waals surface area contributed by atoms with Gasteiger partial charge in [-0.1, -0.05) is 29.8 Å². The second kappa shape index (κ2) is 9.76. The van der Waals surface area contributed by atoms with Gasteiger partial charge in [0.2, 0.25) is 5.62 Å². The lowest BCUT2D eigenvalue weighted by Crippen LogP contribution is -3.11. The number of likely N-dealkylation sites (N-methyl/N-ethyl adjacent to an activating group) is 1. The number of quaternary nitrogens is 1. The number of hydrogen-bond acceptors (Lipinski definition) is 3. The van der Waals surface area contributed by atoms with Gasteiger partial charge in [0.15, 0.2) is 0 Å². The first-order valence-electron chi connectivity index (χ1n) is 10.5. The lowest BCUT2D eigenvalue weighted by atomic mass is 10.2. The third-order valence-electron chi connectivity index (χ3n) is 5.52. The zero-order chi connectivity index (χ0) is 20.8. The van der Waals surface area contributed by atoms with E-state index in [0.29, 0.717) is 12.2 Å². The maximum atomic E-state index is 10.6. The minimum absolute atomic E-state index is 0.193. The number of imidazole rings is 1. The molecule has 1 heterocycles. The van der Waals surface area contributed by atoms with Crippen molar-refractivity contribution in [1.82, 2.24) is 9.13 Å². The number of rotatable bonds is 10. The molecule has 6 heteroatoms. The highest BCUT2D eigenvalue weighted by Gasteiger charge is 2.15. The minimum Gasteiger partial charge on any atom is -0.491 e. The highest BCUT2D eigenvalue weighted by molar-refractivity contribution is 5.75. The van der Waals surface area contributed by atoms with E-state index in [1.165, 1.54) is 10.5 Å². The van der Waals surface area contributed by atoms with Crippen molar-refractivity contribution in [2.45, 2.75) is 40.0 Å². The Hall–Kier alpha value is -2.57. The summed E-state index contributed by atoms with van der Waals surface area (Å²) in [6.07, 6.45) is -0.696. The quantitative estimate of drug-likeness (QED) is 0.486. The van der Waals surface area contributed by atoms with Crippen LogP contribution >= 0.6 is 0 Å². The molecule has 29 heavy (non-hydrogen) atoms. The fourth-order valence-corrected chi connectivity index (χ4v) is 3.67. The number of fused-ring (bicyclic) bond motifs is 1. The molecule has 3 N–H and O–H groups in total. The minimum atomic E-state index is -0.696. The van der Waals surface area contributed by atoms with E-state index in [1.807, 2.05) is 58.5 Å². The molecule has 156 valence electrons. The molecule has 0 fully saturated rings. The van der Waals surface area contributed by atoms with Gasteiger partial charge >= 0.3 is 0 Å². The Morgan fingerprint density at radius 1 is 1.00 bits per heavy atom. The number of hydrogen-bond donors (Lipinski definition) is 3. The highest BCUT2D eigenvalue weighted by atomic mass is 16.5. The van der Waals surface area contributed by atoms with Crippen LogP contribution in [-0.4, -0.2) is 46.6 Å². The number of nitrogens with one attached hydrogen (secondary N) is 2. The zero-order valence-corrected chi connectivity index (χ0v) is 17.7. The first kappa shape index (κ1) is 21.1. The van der Waals surface area contributed by atoms with Crippen molar-refractivity contribution >= 4 is 11.0 Å². The maximum Gasteiger partial charge on any atom is 0.203 e. The van der Waals surface area contributed by atoms with Crippen LogP contribution in [-0.2, 0) is 13.1 Å². The van der Waals surface area contributed by atoms with Gasteiger partial charge in [-0.05, 0) is 45.0 Å². The normalized spacial score (nSPS) is 12.6. The standard InChI is InChI=1S/C23H32N4O2/c1-4-25(5-2)14-15-26-21-8-6-7-9-22(21)27(23(26)24)16-19(28)17-29-20-12-10-18(3)11-13-20/h6-13,19,24,28H,4-5,14-17H2,1-3H3/p+1. The molecule has 1 unspecified atom stereocenters. The number of ether oxygens (including phenoxy) is 1. The molecule has 0 bridgehead atoms. The number of benzene rings is 2. The average molecular weight is 398 g/mol. The van der Waals surface area contributed by atoms with Gasteiger partial charge in [0.1, 0.15) is 18.5 Å². The molecule has 0 aliphatic rings. The first-order chi connectivity index (χ1) is 14.0. The Bertz CT molecular complexity index is 971. The summed E-state index contributed by atoms with van der Waals surface area (Å²) in [5.41, 5.74) is 3.61. The Labute approximate surface area is 172 Å². The van der Waals surface area contributed by atoms with Gasteiger partial charge in [0.25, 0.3) is 0 Å². The van der Waals surface area contributed by atoms with Gasteiger partial charge < -0.3 is 23.9 Å². The molecule has 0 aliphatic heterocycles. The third-order valence-corrected chi connectivity index (χ3v) is 5.52. The number of aryl methyl sites for hydroxylation is 1. The van der Waals surface area contributed by atoms with E-state index in [9.17, 15) is 5.11 Å². The van der Waals surface area contributed by atoms with E-state index in [-0.39, 0.29) is 6.61 Å². The summed E-state index contributed by atoms with van der Waals surface area (Å²) in [6.45, 7) is 10.9. The number of nitrogens with zero attached hydrogens (tertiary/aromatic N) is 2. The van der Waals surface area contributed by atoms with Crippen molar-refractivity contribution in [2.24, 2.45) is 0 Å². The molecule has 0 radical (unpaired) electrons. The van der Waals surface area contributed by atoms with Crippen molar-refractivity contribution in [3.63, 3.8) is 0 Å². The van der Waals surface area contributed by atoms with E-state index in [1.54, 1.807) is 0 Å². The van der Waals surface area contributed by atoms with E-state index in [4.69, 9.17) is 10.1 Å². The van der Waals surface area contributed by atoms with Crippen molar-refractivity contribution in [3.8, 4) is 5.75 Å². The Morgan fingerprint density at radius 2 is 1.62 bits per heavy atom. The molecule has 3 aromatic rings. The van der Waals surface area contributed by atoms with Gasteiger partial charge in [-0.2, -0.15) is 0 Å². The summed E-state index contributed by atoms with van der Waals surface area (Å²) < 4.78 is 9.66. The van der Waals surface area contributed by atoms with Crippen LogP contribution in [0.1, 0.15) is 19.4 Å². The molecule has 2 aromatic carbocycles. The Morgan fingerprint density at radius 3 is 2.24 bits per heavy atom. The second-order valence-electron chi connectivity index (χ2n) is 7.56. The largest absolute Gasteiger partial charge is 0.491 e. The molecule has 0 saturated carbocycles. The first-order valence-corrected chi connectivity index (χ1v) is 10.5. The van der Waals surface area contributed by atoms with Crippen LogP contribution < -0.4 is 15.3 Å². The van der Waals surface area contributed by atoms with Crippen molar-refractivity contribution < 1.29 is 14.7 Å². The van der Waals surface area contributed by atoms with Gasteiger partial charge in [-0.25, -0.2) is 0 Å². The van der Waals surface area contributed by atoms with Crippen molar-refractivity contribution in [2.75, 3.05) is 26.2 Å². The number of aromatic nitrogens is 2. The average Bonchev–Trinajstić information content (AvgIpc) is 3.00. The van der Waals surface area contributed by atoms with Crippen LogP contribution in [0, 0.1) is 12.3 Å². The smallest absolute Gasteiger partial charge is 0.203 e. The van der Waals surface area contributed by atoms with Gasteiger partial charge in [-0.15, -0.1) is 0 Å². The summed E-state index contributed by atoms with van der Waals surface area (Å²) in [7, 11) is 0. The molecule has 1 atom stereocenters.